The molecule has 21 heavy (non-hydrogen) atoms. The fraction of sp³-hybridized carbons (Fsp3) is 0.333. The Morgan fingerprint density at radius 1 is 1.38 bits per heavy atom. The molecule has 6 heteroatoms. The molecule has 112 valence electrons. The van der Waals surface area contributed by atoms with Crippen molar-refractivity contribution >= 4 is 22.4 Å². The second-order valence-corrected chi connectivity index (χ2v) is 5.40. The molecule has 0 spiro atoms. The highest BCUT2D eigenvalue weighted by Gasteiger charge is 2.02. The van der Waals surface area contributed by atoms with Gasteiger partial charge in [-0.05, 0) is 24.1 Å². The van der Waals surface area contributed by atoms with E-state index in [1.165, 1.54) is 11.3 Å². The summed E-state index contributed by atoms with van der Waals surface area (Å²) in [6.45, 7) is 3.42. The van der Waals surface area contributed by atoms with E-state index >= 15 is 0 Å². The predicted octanol–water partition coefficient (Wildman–Crippen LogP) is 1.84. The van der Waals surface area contributed by atoms with Crippen molar-refractivity contribution in [2.45, 2.75) is 26.3 Å². The predicted molar refractivity (Wildman–Crippen MR) is 80.4 cm³/mol. The fourth-order valence-electron chi connectivity index (χ4n) is 1.72. The summed E-state index contributed by atoms with van der Waals surface area (Å²) >= 11 is 1.39. The van der Waals surface area contributed by atoms with Crippen LogP contribution in [-0.2, 0) is 17.8 Å². The average Bonchev–Trinajstić information content (AvgIpc) is 2.91. The number of ether oxygens (including phenoxy) is 1. The molecule has 0 aliphatic rings. The zero-order chi connectivity index (χ0) is 15.1. The van der Waals surface area contributed by atoms with Crippen molar-refractivity contribution in [1.29, 1.82) is 0 Å². The van der Waals surface area contributed by atoms with Gasteiger partial charge in [0, 0.05) is 24.3 Å². The minimum Gasteiger partial charge on any atom is -0.550 e. The Kier molecular flexibility index (Phi) is 5.57. The topological polar surface area (TPSA) is 74.3 Å². The molecule has 0 radical (unpaired) electrons. The van der Waals surface area contributed by atoms with Gasteiger partial charge in [-0.1, -0.05) is 19.1 Å². The van der Waals surface area contributed by atoms with Gasteiger partial charge in [0.2, 0.25) is 0 Å². The van der Waals surface area contributed by atoms with Crippen LogP contribution in [0.5, 0.6) is 5.75 Å². The molecular weight excluding hydrogens is 288 g/mol. The van der Waals surface area contributed by atoms with Gasteiger partial charge in [0.05, 0.1) is 12.3 Å². The summed E-state index contributed by atoms with van der Waals surface area (Å²) in [5.74, 6) is -0.249. The molecule has 0 bridgehead atoms. The molecule has 0 amide bonds. The van der Waals surface area contributed by atoms with Crippen LogP contribution in [0.3, 0.4) is 0 Å². The van der Waals surface area contributed by atoms with Gasteiger partial charge in [0.1, 0.15) is 5.75 Å². The molecule has 0 unspecified atom stereocenters. The normalized spacial score (nSPS) is 10.3. The van der Waals surface area contributed by atoms with Crippen molar-refractivity contribution < 1.29 is 14.6 Å². The van der Waals surface area contributed by atoms with Gasteiger partial charge in [-0.15, -0.1) is 11.3 Å². The first-order valence-corrected chi connectivity index (χ1v) is 7.65. The van der Waals surface area contributed by atoms with Crippen LogP contribution in [0.2, 0.25) is 0 Å². The minimum absolute atomic E-state index is 0.151. The highest BCUT2D eigenvalue weighted by Crippen LogP contribution is 2.18. The van der Waals surface area contributed by atoms with E-state index in [1.54, 1.807) is 5.38 Å². The Morgan fingerprint density at radius 3 is 2.81 bits per heavy atom. The van der Waals surface area contributed by atoms with Crippen molar-refractivity contribution in [3.05, 3.63) is 40.9 Å². The number of thiazole rings is 1. The maximum atomic E-state index is 10.5. The number of carboxylic acids is 1. The number of hydrogen-bond acceptors (Lipinski definition) is 6. The number of carboxylic acid groups (broad SMARTS) is 1. The number of carbonyl (C=O) groups is 1. The summed E-state index contributed by atoms with van der Waals surface area (Å²) in [5.41, 5.74) is 1.63. The highest BCUT2D eigenvalue weighted by atomic mass is 32.1. The molecule has 5 nitrogen and oxygen atoms in total. The van der Waals surface area contributed by atoms with Crippen molar-refractivity contribution in [3.63, 3.8) is 0 Å². The Bertz CT molecular complexity index is 581. The van der Waals surface area contributed by atoms with E-state index in [2.05, 4.69) is 17.2 Å². The zero-order valence-corrected chi connectivity index (χ0v) is 12.6. The molecule has 0 aliphatic carbocycles. The summed E-state index contributed by atoms with van der Waals surface area (Å²) in [6, 6.07) is 7.87. The number of rotatable bonds is 8. The largest absolute Gasteiger partial charge is 0.550 e. The number of benzene rings is 1. The molecule has 0 saturated carbocycles. The summed E-state index contributed by atoms with van der Waals surface area (Å²) in [5, 5.41) is 16.1. The lowest BCUT2D eigenvalue weighted by molar-refractivity contribution is -0.304. The summed E-state index contributed by atoms with van der Waals surface area (Å²) < 4.78 is 5.52. The lowest BCUT2D eigenvalue weighted by Crippen LogP contribution is -2.24. The number of aromatic nitrogens is 1. The lowest BCUT2D eigenvalue weighted by atomic mass is 10.2. The first-order valence-electron chi connectivity index (χ1n) is 6.77. The van der Waals surface area contributed by atoms with Crippen LogP contribution < -0.4 is 15.2 Å². The van der Waals surface area contributed by atoms with E-state index in [0.717, 1.165) is 24.3 Å². The van der Waals surface area contributed by atoms with Crippen LogP contribution in [0.1, 0.15) is 24.6 Å². The third kappa shape index (κ3) is 5.07. The van der Waals surface area contributed by atoms with Crippen LogP contribution in [-0.4, -0.2) is 17.6 Å². The van der Waals surface area contributed by atoms with Gasteiger partial charge in [-0.25, -0.2) is 4.98 Å². The van der Waals surface area contributed by atoms with Gasteiger partial charge in [0.25, 0.3) is 0 Å². The summed E-state index contributed by atoms with van der Waals surface area (Å²) in [7, 11) is 0. The summed E-state index contributed by atoms with van der Waals surface area (Å²) in [4.78, 5) is 14.7. The van der Waals surface area contributed by atoms with Crippen LogP contribution in [0.25, 0.3) is 0 Å². The molecule has 1 heterocycles. The number of carbonyl (C=O) groups excluding carboxylic acids is 1. The molecular formula is C15H17N2O3S-. The van der Waals surface area contributed by atoms with Gasteiger partial charge < -0.3 is 20.0 Å². The average molecular weight is 305 g/mol. The SMILES string of the molecule is CCCOc1ccc(CNc2nc(CC(=O)[O-])cs2)cc1. The Balaban J connectivity index is 1.84. The van der Waals surface area contributed by atoms with Crippen molar-refractivity contribution in [2.75, 3.05) is 11.9 Å². The highest BCUT2D eigenvalue weighted by molar-refractivity contribution is 7.13. The van der Waals surface area contributed by atoms with Gasteiger partial charge >= 0.3 is 0 Å². The molecule has 1 aromatic carbocycles. The molecule has 0 aliphatic heterocycles. The van der Waals surface area contributed by atoms with Gasteiger partial charge in [0.15, 0.2) is 5.13 Å². The third-order valence-corrected chi connectivity index (χ3v) is 3.57. The maximum absolute atomic E-state index is 10.5. The molecule has 0 atom stereocenters. The molecule has 1 N–H and O–H groups in total. The molecule has 0 saturated heterocycles. The number of anilines is 1. The number of nitrogens with one attached hydrogen (secondary N) is 1. The van der Waals surface area contributed by atoms with E-state index < -0.39 is 5.97 Å². The Labute approximate surface area is 127 Å². The Hall–Kier alpha value is -2.08. The smallest absolute Gasteiger partial charge is 0.183 e. The van der Waals surface area contributed by atoms with Crippen molar-refractivity contribution in [2.24, 2.45) is 0 Å². The number of aliphatic carboxylic acids is 1. The van der Waals surface area contributed by atoms with Crippen LogP contribution in [0, 0.1) is 0 Å². The number of nitrogens with zero attached hydrogens (tertiary/aromatic N) is 1. The minimum atomic E-state index is -1.12. The fourth-order valence-corrected chi connectivity index (χ4v) is 2.43. The second kappa shape index (κ2) is 7.64. The second-order valence-electron chi connectivity index (χ2n) is 4.54. The Morgan fingerprint density at radius 2 is 2.14 bits per heavy atom. The monoisotopic (exact) mass is 305 g/mol. The summed E-state index contributed by atoms with van der Waals surface area (Å²) in [6.07, 6.45) is 0.837. The van der Waals surface area contributed by atoms with Crippen molar-refractivity contribution in [1.82, 2.24) is 4.98 Å². The lowest BCUT2D eigenvalue weighted by Gasteiger charge is -2.06. The number of hydrogen-bond donors (Lipinski definition) is 1. The van der Waals surface area contributed by atoms with Gasteiger partial charge in [-0.3, -0.25) is 0 Å². The zero-order valence-electron chi connectivity index (χ0n) is 11.8. The van der Waals surface area contributed by atoms with Crippen molar-refractivity contribution in [3.8, 4) is 5.75 Å². The third-order valence-electron chi connectivity index (χ3n) is 2.72. The van der Waals surface area contributed by atoms with Gasteiger partial charge in [-0.2, -0.15) is 0 Å². The maximum Gasteiger partial charge on any atom is 0.183 e. The first kappa shape index (κ1) is 15.3. The van der Waals surface area contributed by atoms with Crippen LogP contribution >= 0.6 is 11.3 Å². The van der Waals surface area contributed by atoms with E-state index in [-0.39, 0.29) is 6.42 Å². The van der Waals surface area contributed by atoms with E-state index in [1.807, 2.05) is 24.3 Å². The molecule has 2 aromatic rings. The molecule has 0 fully saturated rings. The van der Waals surface area contributed by atoms with Crippen LogP contribution in [0.4, 0.5) is 5.13 Å². The van der Waals surface area contributed by atoms with E-state index in [9.17, 15) is 9.90 Å². The standard InChI is InChI=1S/C15H18N2O3S/c1-2-7-20-13-5-3-11(4-6-13)9-16-15-17-12(10-21-15)8-14(18)19/h3-6,10H,2,7-9H2,1H3,(H,16,17)(H,18,19)/p-1. The quantitative estimate of drug-likeness (QED) is 0.805. The van der Waals surface area contributed by atoms with E-state index in [0.29, 0.717) is 17.4 Å². The molecule has 1 aromatic heterocycles. The van der Waals surface area contributed by atoms with Crippen LogP contribution in [0.15, 0.2) is 29.6 Å². The molecule has 2 rings (SSSR count). The first-order chi connectivity index (χ1) is 10.2. The van der Waals surface area contributed by atoms with E-state index in [4.69, 9.17) is 4.74 Å².